The van der Waals surface area contributed by atoms with Gasteiger partial charge in [0.05, 0.1) is 0 Å². The highest BCUT2D eigenvalue weighted by Gasteiger charge is 2.25. The molecule has 0 saturated carbocycles. The second-order valence-corrected chi connectivity index (χ2v) is 8.05. The van der Waals surface area contributed by atoms with Gasteiger partial charge in [0.15, 0.2) is 0 Å². The van der Waals surface area contributed by atoms with Gasteiger partial charge in [0, 0.05) is 26.3 Å². The summed E-state index contributed by atoms with van der Waals surface area (Å²) in [5, 5.41) is 4.27. The van der Waals surface area contributed by atoms with Crippen LogP contribution in [0, 0.1) is 0 Å². The molecule has 24 heavy (non-hydrogen) atoms. The molecule has 1 aromatic carbocycles. The molecule has 0 unspecified atom stereocenters. The number of hydrogen-bond acceptors (Lipinski definition) is 6. The van der Waals surface area contributed by atoms with Gasteiger partial charge in [0.2, 0.25) is 10.0 Å². The molecule has 0 aliphatic carbocycles. The summed E-state index contributed by atoms with van der Waals surface area (Å²) in [5.41, 5.74) is 5.91. The number of sulfonamides is 1. The first-order valence-electron chi connectivity index (χ1n) is 7.10. The summed E-state index contributed by atoms with van der Waals surface area (Å²) in [7, 11) is -0.817. The van der Waals surface area contributed by atoms with E-state index in [9.17, 15) is 13.2 Å². The summed E-state index contributed by atoms with van der Waals surface area (Å²) < 4.78 is 30.9. The van der Waals surface area contributed by atoms with Crippen LogP contribution >= 0.6 is 11.3 Å². The lowest BCUT2D eigenvalue weighted by atomic mass is 10.3. The van der Waals surface area contributed by atoms with E-state index in [-0.39, 0.29) is 9.77 Å². The Morgan fingerprint density at radius 3 is 2.50 bits per heavy atom. The van der Waals surface area contributed by atoms with Crippen molar-refractivity contribution in [1.29, 1.82) is 0 Å². The zero-order valence-corrected chi connectivity index (χ0v) is 15.0. The predicted octanol–water partition coefficient (Wildman–Crippen LogP) is 1.59. The van der Waals surface area contributed by atoms with Gasteiger partial charge in [0.25, 0.3) is 5.91 Å². The lowest BCUT2D eigenvalue weighted by Gasteiger charge is -2.12. The molecule has 1 aromatic heterocycles. The van der Waals surface area contributed by atoms with E-state index in [1.165, 1.54) is 20.2 Å². The van der Waals surface area contributed by atoms with Gasteiger partial charge in [-0.3, -0.25) is 4.79 Å². The maximum Gasteiger partial charge on any atom is 0.267 e. The molecule has 0 atom stereocenters. The molecule has 0 aliphatic rings. The van der Waals surface area contributed by atoms with Crippen LogP contribution in [0.25, 0.3) is 0 Å². The second-order valence-electron chi connectivity index (χ2n) is 5.02. The zero-order chi connectivity index (χ0) is 17.7. The van der Waals surface area contributed by atoms with Gasteiger partial charge < -0.3 is 15.8 Å². The van der Waals surface area contributed by atoms with Crippen LogP contribution < -0.4 is 15.8 Å². The summed E-state index contributed by atoms with van der Waals surface area (Å²) in [6.07, 6.45) is 0. The highest BCUT2D eigenvalue weighted by molar-refractivity contribution is 7.89. The van der Waals surface area contributed by atoms with Crippen molar-refractivity contribution >= 4 is 33.0 Å². The number of carbonyl (C=O) groups excluding carboxylic acids is 1. The molecule has 0 bridgehead atoms. The summed E-state index contributed by atoms with van der Waals surface area (Å²) >= 11 is 1.08. The Bertz CT molecular complexity index is 798. The first kappa shape index (κ1) is 18.4. The quantitative estimate of drug-likeness (QED) is 0.772. The lowest BCUT2D eigenvalue weighted by molar-refractivity contribution is 0.102. The number of amides is 1. The number of benzene rings is 1. The molecule has 2 aromatic rings. The molecule has 1 heterocycles. The number of ether oxygens (including phenoxy) is 1. The van der Waals surface area contributed by atoms with Gasteiger partial charge in [0.1, 0.15) is 22.1 Å². The van der Waals surface area contributed by atoms with Crippen LogP contribution in [0.3, 0.4) is 0 Å². The first-order chi connectivity index (χ1) is 11.4. The number of rotatable bonds is 7. The van der Waals surface area contributed by atoms with Crippen molar-refractivity contribution in [1.82, 2.24) is 4.31 Å². The van der Waals surface area contributed by atoms with Gasteiger partial charge in [-0.25, -0.2) is 12.7 Å². The number of hydrogen-bond donors (Lipinski definition) is 2. The Labute approximate surface area is 145 Å². The topological polar surface area (TPSA) is 102 Å². The normalized spacial score (nSPS) is 11.5. The molecule has 130 valence electrons. The monoisotopic (exact) mass is 369 g/mol. The molecular weight excluding hydrogens is 350 g/mol. The third kappa shape index (κ3) is 4.12. The third-order valence-corrected chi connectivity index (χ3v) is 5.99. The molecule has 0 spiro atoms. The highest BCUT2D eigenvalue weighted by atomic mass is 32.2. The molecule has 0 fully saturated rings. The van der Waals surface area contributed by atoms with Crippen LogP contribution in [0.5, 0.6) is 5.75 Å². The van der Waals surface area contributed by atoms with Gasteiger partial charge in [-0.1, -0.05) is 0 Å². The van der Waals surface area contributed by atoms with E-state index in [0.29, 0.717) is 24.6 Å². The van der Waals surface area contributed by atoms with E-state index in [4.69, 9.17) is 10.5 Å². The van der Waals surface area contributed by atoms with Crippen molar-refractivity contribution in [3.63, 3.8) is 0 Å². The summed E-state index contributed by atoms with van der Waals surface area (Å²) in [5.74, 6) is 0.173. The van der Waals surface area contributed by atoms with Crippen molar-refractivity contribution in [2.75, 3.05) is 32.6 Å². The fourth-order valence-electron chi connectivity index (χ4n) is 1.86. The Hall–Kier alpha value is -1.94. The Kier molecular flexibility index (Phi) is 5.94. The summed E-state index contributed by atoms with van der Waals surface area (Å²) in [6.45, 7) is 0.826. The summed E-state index contributed by atoms with van der Waals surface area (Å²) in [6, 6.07) is 8.20. The smallest absolute Gasteiger partial charge is 0.267 e. The lowest BCUT2D eigenvalue weighted by Crippen LogP contribution is -2.24. The minimum Gasteiger partial charge on any atom is -0.492 e. The molecule has 1 amide bonds. The number of nitrogens with one attached hydrogen (secondary N) is 1. The van der Waals surface area contributed by atoms with Crippen molar-refractivity contribution in [2.45, 2.75) is 4.90 Å². The predicted molar refractivity (Wildman–Crippen MR) is 94.1 cm³/mol. The second kappa shape index (κ2) is 7.75. The minimum absolute atomic E-state index is 0.00195. The standard InChI is InChI=1S/C15H19N3O4S2/c1-18(2)24(20,21)13-7-10-23-14(13)15(19)17-11-3-5-12(6-4-11)22-9-8-16/h3-7,10H,8-9,16H2,1-2H3,(H,17,19). The van der Waals surface area contributed by atoms with Gasteiger partial charge in [-0.15, -0.1) is 11.3 Å². The van der Waals surface area contributed by atoms with E-state index >= 15 is 0 Å². The average molecular weight is 369 g/mol. The minimum atomic E-state index is -3.67. The van der Waals surface area contributed by atoms with Gasteiger partial charge >= 0.3 is 0 Å². The van der Waals surface area contributed by atoms with E-state index in [0.717, 1.165) is 15.6 Å². The summed E-state index contributed by atoms with van der Waals surface area (Å²) in [4.78, 5) is 12.5. The molecule has 2 rings (SSSR count). The van der Waals surface area contributed by atoms with Crippen LogP contribution in [0.1, 0.15) is 9.67 Å². The fraction of sp³-hybridized carbons (Fsp3) is 0.267. The molecule has 3 N–H and O–H groups in total. The maximum absolute atomic E-state index is 12.4. The van der Waals surface area contributed by atoms with Crippen LogP contribution in [0.2, 0.25) is 0 Å². The molecule has 0 radical (unpaired) electrons. The van der Waals surface area contributed by atoms with Crippen LogP contribution in [-0.2, 0) is 10.0 Å². The Morgan fingerprint density at radius 1 is 1.25 bits per heavy atom. The zero-order valence-electron chi connectivity index (χ0n) is 13.4. The van der Waals surface area contributed by atoms with E-state index < -0.39 is 15.9 Å². The number of nitrogens with two attached hydrogens (primary N) is 1. The Balaban J connectivity index is 2.15. The Morgan fingerprint density at radius 2 is 1.92 bits per heavy atom. The van der Waals surface area contributed by atoms with Crippen molar-refractivity contribution in [3.05, 3.63) is 40.6 Å². The number of carbonyl (C=O) groups is 1. The SMILES string of the molecule is CN(C)S(=O)(=O)c1ccsc1C(=O)Nc1ccc(OCCN)cc1. The van der Waals surface area contributed by atoms with Crippen molar-refractivity contribution in [3.8, 4) is 5.75 Å². The molecule has 0 saturated heterocycles. The third-order valence-electron chi connectivity index (χ3n) is 3.09. The number of nitrogens with zero attached hydrogens (tertiary/aromatic N) is 1. The van der Waals surface area contributed by atoms with E-state index in [1.807, 2.05) is 0 Å². The van der Waals surface area contributed by atoms with Crippen LogP contribution in [0.4, 0.5) is 5.69 Å². The average Bonchev–Trinajstić information content (AvgIpc) is 3.04. The number of anilines is 1. The van der Waals surface area contributed by atoms with Gasteiger partial charge in [-0.05, 0) is 35.7 Å². The van der Waals surface area contributed by atoms with Gasteiger partial charge in [-0.2, -0.15) is 0 Å². The first-order valence-corrected chi connectivity index (χ1v) is 9.42. The highest BCUT2D eigenvalue weighted by Crippen LogP contribution is 2.25. The largest absolute Gasteiger partial charge is 0.492 e. The van der Waals surface area contributed by atoms with Crippen LogP contribution in [-0.4, -0.2) is 45.9 Å². The maximum atomic E-state index is 12.4. The van der Waals surface area contributed by atoms with Crippen LogP contribution in [0.15, 0.2) is 40.6 Å². The fourth-order valence-corrected chi connectivity index (χ4v) is 4.05. The number of thiophene rings is 1. The van der Waals surface area contributed by atoms with Crippen molar-refractivity contribution in [2.24, 2.45) is 5.73 Å². The van der Waals surface area contributed by atoms with E-state index in [2.05, 4.69) is 5.32 Å². The van der Waals surface area contributed by atoms with Crippen molar-refractivity contribution < 1.29 is 17.9 Å². The molecular formula is C15H19N3O4S2. The molecule has 7 nitrogen and oxygen atoms in total. The molecule has 0 aliphatic heterocycles. The van der Waals surface area contributed by atoms with E-state index in [1.54, 1.807) is 29.6 Å². The molecule has 9 heteroatoms.